The zero-order valence-electron chi connectivity index (χ0n) is 29.0. The van der Waals surface area contributed by atoms with Gasteiger partial charge in [-0.25, -0.2) is 9.98 Å². The Morgan fingerprint density at radius 1 is 0.426 bits per heavy atom. The van der Waals surface area contributed by atoms with E-state index >= 15 is 0 Å². The van der Waals surface area contributed by atoms with Crippen LogP contribution in [0.3, 0.4) is 0 Å². The zero-order chi connectivity index (χ0) is 35.6. The third kappa shape index (κ3) is 5.01. The van der Waals surface area contributed by atoms with Gasteiger partial charge in [-0.2, -0.15) is 0 Å². The Bertz CT molecular complexity index is 3140. The maximum atomic E-state index is 6.47. The van der Waals surface area contributed by atoms with Crippen LogP contribution in [0.25, 0.3) is 76.9 Å². The van der Waals surface area contributed by atoms with Gasteiger partial charge in [-0.1, -0.05) is 133 Å². The van der Waals surface area contributed by atoms with Crippen LogP contribution >= 0.6 is 0 Å². The number of para-hydroxylation sites is 2. The molecule has 0 aliphatic carbocycles. The summed E-state index contributed by atoms with van der Waals surface area (Å²) >= 11 is 0. The first kappa shape index (κ1) is 30.4. The van der Waals surface area contributed by atoms with Crippen LogP contribution in [0.1, 0.15) is 22.9 Å². The van der Waals surface area contributed by atoms with Crippen LogP contribution in [0.2, 0.25) is 0 Å². The predicted octanol–water partition coefficient (Wildman–Crippen LogP) is 12.5. The van der Waals surface area contributed by atoms with Crippen LogP contribution in [0, 0.1) is 0 Å². The maximum absolute atomic E-state index is 6.47. The molecule has 5 heteroatoms. The van der Waals surface area contributed by atoms with Crippen molar-refractivity contribution in [3.63, 3.8) is 0 Å². The molecule has 5 nitrogen and oxygen atoms in total. The molecule has 1 N–H and O–H groups in total. The highest BCUT2D eigenvalue weighted by molar-refractivity contribution is 6.15. The third-order valence-electron chi connectivity index (χ3n) is 10.5. The molecule has 1 aliphatic rings. The van der Waals surface area contributed by atoms with Gasteiger partial charge in [0.25, 0.3) is 0 Å². The lowest BCUT2D eigenvalue weighted by Gasteiger charge is -2.26. The van der Waals surface area contributed by atoms with Gasteiger partial charge in [0, 0.05) is 38.2 Å². The zero-order valence-corrected chi connectivity index (χ0v) is 29.0. The fraction of sp³-hybridized carbons (Fsp3) is 0.0204. The van der Waals surface area contributed by atoms with Crippen molar-refractivity contribution >= 4 is 66.3 Å². The Balaban J connectivity index is 1.12. The van der Waals surface area contributed by atoms with Crippen molar-refractivity contribution in [3.8, 4) is 22.3 Å². The van der Waals surface area contributed by atoms with Gasteiger partial charge in [-0.15, -0.1) is 0 Å². The van der Waals surface area contributed by atoms with Gasteiger partial charge >= 0.3 is 0 Å². The van der Waals surface area contributed by atoms with Gasteiger partial charge in [0.15, 0.2) is 5.84 Å². The Morgan fingerprint density at radius 3 is 1.83 bits per heavy atom. The van der Waals surface area contributed by atoms with Gasteiger partial charge in [0.2, 0.25) is 0 Å². The highest BCUT2D eigenvalue weighted by Crippen LogP contribution is 2.43. The van der Waals surface area contributed by atoms with Crippen molar-refractivity contribution in [1.29, 1.82) is 0 Å². The molecule has 1 aliphatic heterocycles. The molecule has 0 saturated heterocycles. The maximum Gasteiger partial charge on any atom is 0.159 e. The van der Waals surface area contributed by atoms with Gasteiger partial charge in [0.05, 0.1) is 0 Å². The van der Waals surface area contributed by atoms with E-state index in [1.807, 2.05) is 48.5 Å². The Morgan fingerprint density at radius 2 is 1.04 bits per heavy atom. The number of aliphatic imine (C=N–C) groups is 2. The number of rotatable bonds is 5. The van der Waals surface area contributed by atoms with E-state index in [-0.39, 0.29) is 0 Å². The van der Waals surface area contributed by atoms with Crippen LogP contribution < -0.4 is 5.32 Å². The van der Waals surface area contributed by atoms with E-state index in [1.165, 1.54) is 11.1 Å². The summed E-state index contributed by atoms with van der Waals surface area (Å²) in [5.41, 5.74) is 10.8. The number of benzene rings is 8. The third-order valence-corrected chi connectivity index (χ3v) is 10.5. The van der Waals surface area contributed by atoms with E-state index in [9.17, 15) is 0 Å². The summed E-state index contributed by atoms with van der Waals surface area (Å²) in [7, 11) is 0. The summed E-state index contributed by atoms with van der Waals surface area (Å²) < 4.78 is 12.9. The summed E-state index contributed by atoms with van der Waals surface area (Å²) in [5, 5.41) is 10.3. The molecule has 11 rings (SSSR count). The molecule has 10 aromatic rings. The summed E-state index contributed by atoms with van der Waals surface area (Å²) in [6.07, 6.45) is -0.491. The monoisotopic (exact) mass is 693 g/mol. The minimum absolute atomic E-state index is 0.491. The number of fused-ring (bicyclic) bond motifs is 7. The van der Waals surface area contributed by atoms with E-state index in [2.05, 4.69) is 133 Å². The van der Waals surface area contributed by atoms with Crippen molar-refractivity contribution in [1.82, 2.24) is 5.32 Å². The summed E-state index contributed by atoms with van der Waals surface area (Å²) in [6, 6.07) is 61.0. The summed E-state index contributed by atoms with van der Waals surface area (Å²) in [6.45, 7) is 0. The molecule has 1 atom stereocenters. The van der Waals surface area contributed by atoms with Crippen molar-refractivity contribution in [2.45, 2.75) is 6.17 Å². The summed E-state index contributed by atoms with van der Waals surface area (Å²) in [4.78, 5) is 10.6. The van der Waals surface area contributed by atoms with Crippen molar-refractivity contribution in [3.05, 3.63) is 193 Å². The quantitative estimate of drug-likeness (QED) is 0.195. The molecule has 254 valence electrons. The van der Waals surface area contributed by atoms with E-state index in [0.29, 0.717) is 5.84 Å². The predicted molar refractivity (Wildman–Crippen MR) is 221 cm³/mol. The van der Waals surface area contributed by atoms with E-state index in [1.54, 1.807) is 0 Å². The van der Waals surface area contributed by atoms with Gasteiger partial charge in [-0.05, 0) is 75.5 Å². The molecule has 3 heterocycles. The van der Waals surface area contributed by atoms with Gasteiger partial charge < -0.3 is 14.2 Å². The number of amidine groups is 2. The number of hydrogen-bond donors (Lipinski definition) is 1. The Hall–Kier alpha value is -7.24. The Labute approximate surface area is 310 Å². The molecule has 0 amide bonds. The number of nitrogens with one attached hydrogen (secondary N) is 1. The van der Waals surface area contributed by atoms with Crippen LogP contribution in [0.4, 0.5) is 0 Å². The first-order chi connectivity index (χ1) is 26.7. The number of hydrogen-bond acceptors (Lipinski definition) is 5. The van der Waals surface area contributed by atoms with E-state index < -0.39 is 6.17 Å². The second kappa shape index (κ2) is 12.2. The molecular weight excluding hydrogens is 663 g/mol. The molecular formula is C49H31N3O2. The van der Waals surface area contributed by atoms with Crippen LogP contribution in [0.5, 0.6) is 0 Å². The minimum atomic E-state index is -0.491. The van der Waals surface area contributed by atoms with E-state index in [0.717, 1.165) is 88.3 Å². The average Bonchev–Trinajstić information content (AvgIpc) is 3.81. The molecule has 1 unspecified atom stereocenters. The smallest absolute Gasteiger partial charge is 0.159 e. The summed E-state index contributed by atoms with van der Waals surface area (Å²) in [5.74, 6) is 1.42. The normalized spacial score (nSPS) is 14.5. The van der Waals surface area contributed by atoms with Crippen LogP contribution in [-0.4, -0.2) is 11.7 Å². The van der Waals surface area contributed by atoms with Crippen LogP contribution in [-0.2, 0) is 0 Å². The molecule has 8 aromatic carbocycles. The molecule has 2 aromatic heterocycles. The standard InChI is InChI=1S/C49H31N3O2/c1-3-11-30(12-4-1)32-19-20-34-28-36(22-21-33(34)27-32)48-50-47(31-13-5-2-6-14-31)51-49(52-48)46-37(25-26-43-45(46)40-16-8-10-18-42(40)53-43)35-23-24-39-38-15-7-9-17-41(38)54-44(39)29-35/h1-29,49H,(H,50,51,52). The van der Waals surface area contributed by atoms with E-state index in [4.69, 9.17) is 18.8 Å². The lowest BCUT2D eigenvalue weighted by atomic mass is 9.92. The van der Waals surface area contributed by atoms with Crippen molar-refractivity contribution in [2.24, 2.45) is 9.98 Å². The highest BCUT2D eigenvalue weighted by atomic mass is 16.3. The van der Waals surface area contributed by atoms with Crippen molar-refractivity contribution in [2.75, 3.05) is 0 Å². The van der Waals surface area contributed by atoms with Gasteiger partial charge in [-0.3, -0.25) is 0 Å². The largest absolute Gasteiger partial charge is 0.456 e. The fourth-order valence-electron chi connectivity index (χ4n) is 7.94. The fourth-order valence-corrected chi connectivity index (χ4v) is 7.94. The molecule has 0 bridgehead atoms. The lowest BCUT2D eigenvalue weighted by molar-refractivity contribution is 0.662. The van der Waals surface area contributed by atoms with Gasteiger partial charge in [0.1, 0.15) is 34.3 Å². The molecule has 0 fully saturated rings. The molecule has 0 saturated carbocycles. The first-order valence-electron chi connectivity index (χ1n) is 18.2. The second-order valence-electron chi connectivity index (χ2n) is 13.8. The van der Waals surface area contributed by atoms with Crippen molar-refractivity contribution < 1.29 is 8.83 Å². The first-order valence-corrected chi connectivity index (χ1v) is 18.2. The number of nitrogens with zero attached hydrogens (tertiary/aromatic N) is 2. The molecule has 54 heavy (non-hydrogen) atoms. The highest BCUT2D eigenvalue weighted by Gasteiger charge is 2.28. The second-order valence-corrected chi connectivity index (χ2v) is 13.8. The molecule has 0 spiro atoms. The molecule has 0 radical (unpaired) electrons. The topological polar surface area (TPSA) is 63.0 Å². The lowest BCUT2D eigenvalue weighted by Crippen LogP contribution is -2.34. The average molecular weight is 694 g/mol. The van der Waals surface area contributed by atoms with Crippen LogP contribution in [0.15, 0.2) is 195 Å². The minimum Gasteiger partial charge on any atom is -0.456 e. The Kier molecular flexibility index (Phi) is 6.85. The number of furan rings is 2. The SMILES string of the molecule is c1ccc(C2=NC(c3ccc4cc(-c5ccccc5)ccc4c3)=NC(c3c(-c4ccc5c(c4)oc4ccccc45)ccc4oc5ccccc5c34)N2)cc1.